The maximum atomic E-state index is 13.0. The lowest BCUT2D eigenvalue weighted by Crippen LogP contribution is -2.44. The van der Waals surface area contributed by atoms with E-state index >= 15 is 0 Å². The monoisotopic (exact) mass is 322 g/mol. The molecule has 3 heterocycles. The Kier molecular flexibility index (Phi) is 3.94. The van der Waals surface area contributed by atoms with Gasteiger partial charge in [0.05, 0.1) is 0 Å². The van der Waals surface area contributed by atoms with Gasteiger partial charge in [-0.3, -0.25) is 4.79 Å². The number of benzene rings is 1. The number of amides is 1. The number of carbonyl (C=O) groups is 1. The van der Waals surface area contributed by atoms with Crippen molar-refractivity contribution in [2.45, 2.75) is 6.42 Å². The third-order valence-electron chi connectivity index (χ3n) is 4.95. The van der Waals surface area contributed by atoms with Gasteiger partial charge in [0.1, 0.15) is 5.82 Å². The SMILES string of the molecule is CN1CCN(c2cc(C(=O)N3CCc4ccccc43)ccn2)CC1. The molecule has 2 aliphatic heterocycles. The molecule has 0 radical (unpaired) electrons. The van der Waals surface area contributed by atoms with Crippen LogP contribution in [0.4, 0.5) is 11.5 Å². The van der Waals surface area contributed by atoms with Crippen molar-refractivity contribution >= 4 is 17.4 Å². The maximum absolute atomic E-state index is 13.0. The lowest BCUT2D eigenvalue weighted by molar-refractivity contribution is 0.0989. The summed E-state index contributed by atoms with van der Waals surface area (Å²) in [7, 11) is 2.13. The number of piperazine rings is 1. The van der Waals surface area contributed by atoms with E-state index in [9.17, 15) is 4.79 Å². The first kappa shape index (κ1) is 15.1. The Hall–Kier alpha value is -2.40. The van der Waals surface area contributed by atoms with Gasteiger partial charge in [-0.15, -0.1) is 0 Å². The molecule has 24 heavy (non-hydrogen) atoms. The summed E-state index contributed by atoms with van der Waals surface area (Å²) in [6, 6.07) is 11.9. The fraction of sp³-hybridized carbons (Fsp3) is 0.368. The van der Waals surface area contributed by atoms with Gasteiger partial charge in [0.15, 0.2) is 0 Å². The van der Waals surface area contributed by atoms with Crippen LogP contribution in [-0.4, -0.2) is 55.6 Å². The van der Waals surface area contributed by atoms with Gasteiger partial charge in [0.2, 0.25) is 0 Å². The zero-order valence-electron chi connectivity index (χ0n) is 14.0. The highest BCUT2D eigenvalue weighted by molar-refractivity contribution is 6.07. The van der Waals surface area contributed by atoms with Gasteiger partial charge in [0.25, 0.3) is 5.91 Å². The van der Waals surface area contributed by atoms with Crippen molar-refractivity contribution in [3.8, 4) is 0 Å². The van der Waals surface area contributed by atoms with E-state index in [0.717, 1.165) is 56.2 Å². The molecule has 2 aromatic rings. The molecule has 5 heteroatoms. The number of fused-ring (bicyclic) bond motifs is 1. The molecule has 0 N–H and O–H groups in total. The Labute approximate surface area is 142 Å². The van der Waals surface area contributed by atoms with Crippen molar-refractivity contribution in [1.29, 1.82) is 0 Å². The standard InChI is InChI=1S/C19H22N4O/c1-21-10-12-22(13-11-21)18-14-16(6-8-20-18)19(24)23-9-7-15-4-2-3-5-17(15)23/h2-6,8,14H,7,9-13H2,1H3. The predicted molar refractivity (Wildman–Crippen MR) is 95.8 cm³/mol. The summed E-state index contributed by atoms with van der Waals surface area (Å²) in [4.78, 5) is 23.9. The van der Waals surface area contributed by atoms with E-state index in [1.54, 1.807) is 6.20 Å². The average Bonchev–Trinajstić information content (AvgIpc) is 3.06. The van der Waals surface area contributed by atoms with Gasteiger partial charge in [0, 0.05) is 50.2 Å². The van der Waals surface area contributed by atoms with Crippen molar-refractivity contribution in [3.63, 3.8) is 0 Å². The van der Waals surface area contributed by atoms with E-state index < -0.39 is 0 Å². The minimum absolute atomic E-state index is 0.0673. The highest BCUT2D eigenvalue weighted by atomic mass is 16.2. The third-order valence-corrected chi connectivity index (χ3v) is 4.95. The van der Waals surface area contributed by atoms with E-state index in [1.807, 2.05) is 35.2 Å². The second-order valence-electron chi connectivity index (χ2n) is 6.53. The molecule has 2 aliphatic rings. The highest BCUT2D eigenvalue weighted by Crippen LogP contribution is 2.29. The number of nitrogens with zero attached hydrogens (tertiary/aromatic N) is 4. The molecule has 0 atom stereocenters. The largest absolute Gasteiger partial charge is 0.354 e. The zero-order chi connectivity index (χ0) is 16.5. The molecular weight excluding hydrogens is 300 g/mol. The Morgan fingerprint density at radius 3 is 2.67 bits per heavy atom. The number of hydrogen-bond acceptors (Lipinski definition) is 4. The van der Waals surface area contributed by atoms with Gasteiger partial charge in [-0.25, -0.2) is 4.98 Å². The first-order valence-corrected chi connectivity index (χ1v) is 8.52. The van der Waals surface area contributed by atoms with Crippen molar-refractivity contribution in [2.24, 2.45) is 0 Å². The Balaban J connectivity index is 1.57. The van der Waals surface area contributed by atoms with Crippen LogP contribution in [0.5, 0.6) is 0 Å². The fourth-order valence-corrected chi connectivity index (χ4v) is 3.46. The number of carbonyl (C=O) groups excluding carboxylic acids is 1. The van der Waals surface area contributed by atoms with Crippen LogP contribution in [0, 0.1) is 0 Å². The summed E-state index contributed by atoms with van der Waals surface area (Å²) in [5.74, 6) is 0.971. The van der Waals surface area contributed by atoms with E-state index in [4.69, 9.17) is 0 Å². The summed E-state index contributed by atoms with van der Waals surface area (Å²) < 4.78 is 0. The second kappa shape index (κ2) is 6.24. The minimum Gasteiger partial charge on any atom is -0.354 e. The van der Waals surface area contributed by atoms with Gasteiger partial charge in [-0.05, 0) is 37.2 Å². The number of pyridine rings is 1. The van der Waals surface area contributed by atoms with Gasteiger partial charge < -0.3 is 14.7 Å². The van der Waals surface area contributed by atoms with E-state index in [-0.39, 0.29) is 5.91 Å². The number of para-hydroxylation sites is 1. The fourth-order valence-electron chi connectivity index (χ4n) is 3.46. The molecule has 5 nitrogen and oxygen atoms in total. The normalized spacial score (nSPS) is 17.9. The maximum Gasteiger partial charge on any atom is 0.258 e. The van der Waals surface area contributed by atoms with Crippen molar-refractivity contribution in [2.75, 3.05) is 49.6 Å². The van der Waals surface area contributed by atoms with E-state index in [0.29, 0.717) is 0 Å². The first-order valence-electron chi connectivity index (χ1n) is 8.52. The third kappa shape index (κ3) is 2.76. The molecule has 0 saturated carbocycles. The molecule has 4 rings (SSSR count). The quantitative estimate of drug-likeness (QED) is 0.848. The molecule has 1 saturated heterocycles. The van der Waals surface area contributed by atoms with Gasteiger partial charge in [-0.2, -0.15) is 0 Å². The number of hydrogen-bond donors (Lipinski definition) is 0. The Morgan fingerprint density at radius 2 is 1.83 bits per heavy atom. The second-order valence-corrected chi connectivity index (χ2v) is 6.53. The number of rotatable bonds is 2. The van der Waals surface area contributed by atoms with Crippen molar-refractivity contribution in [3.05, 3.63) is 53.7 Å². The van der Waals surface area contributed by atoms with Crippen LogP contribution in [0.25, 0.3) is 0 Å². The Morgan fingerprint density at radius 1 is 1.04 bits per heavy atom. The molecule has 0 bridgehead atoms. The van der Waals surface area contributed by atoms with Crippen molar-refractivity contribution in [1.82, 2.24) is 9.88 Å². The molecule has 0 aliphatic carbocycles. The Bertz CT molecular complexity index is 753. The summed E-state index contributed by atoms with van der Waals surface area (Å²) in [6.45, 7) is 4.71. The topological polar surface area (TPSA) is 39.7 Å². The molecule has 1 amide bonds. The molecule has 0 unspecified atom stereocenters. The predicted octanol–water partition coefficient (Wildman–Crippen LogP) is 2.04. The smallest absolute Gasteiger partial charge is 0.258 e. The molecule has 1 aromatic carbocycles. The van der Waals surface area contributed by atoms with Crippen molar-refractivity contribution < 1.29 is 4.79 Å². The van der Waals surface area contributed by atoms with Crippen LogP contribution in [0.1, 0.15) is 15.9 Å². The lowest BCUT2D eigenvalue weighted by Gasteiger charge is -2.33. The van der Waals surface area contributed by atoms with Crippen LogP contribution >= 0.6 is 0 Å². The summed E-state index contributed by atoms with van der Waals surface area (Å²) in [5.41, 5.74) is 3.01. The molecule has 124 valence electrons. The number of anilines is 2. The first-order chi connectivity index (χ1) is 11.7. The zero-order valence-corrected chi connectivity index (χ0v) is 14.0. The van der Waals surface area contributed by atoms with E-state index in [2.05, 4.69) is 27.9 Å². The van der Waals surface area contributed by atoms with Crippen LogP contribution in [-0.2, 0) is 6.42 Å². The average molecular weight is 322 g/mol. The number of aromatic nitrogens is 1. The van der Waals surface area contributed by atoms with Gasteiger partial charge in [-0.1, -0.05) is 18.2 Å². The van der Waals surface area contributed by atoms with Crippen LogP contribution < -0.4 is 9.80 Å². The molecular formula is C19H22N4O. The summed E-state index contributed by atoms with van der Waals surface area (Å²) in [6.07, 6.45) is 2.68. The minimum atomic E-state index is 0.0673. The highest BCUT2D eigenvalue weighted by Gasteiger charge is 2.26. The summed E-state index contributed by atoms with van der Waals surface area (Å²) >= 11 is 0. The molecule has 1 fully saturated rings. The van der Waals surface area contributed by atoms with Crippen LogP contribution in [0.15, 0.2) is 42.6 Å². The number of likely N-dealkylation sites (N-methyl/N-ethyl adjacent to an activating group) is 1. The van der Waals surface area contributed by atoms with Gasteiger partial charge >= 0.3 is 0 Å². The van der Waals surface area contributed by atoms with Crippen LogP contribution in [0.2, 0.25) is 0 Å². The molecule has 1 aromatic heterocycles. The summed E-state index contributed by atoms with van der Waals surface area (Å²) in [5, 5.41) is 0. The van der Waals surface area contributed by atoms with E-state index in [1.165, 1.54) is 5.56 Å². The lowest BCUT2D eigenvalue weighted by atomic mass is 10.1. The van der Waals surface area contributed by atoms with Crippen LogP contribution in [0.3, 0.4) is 0 Å². The molecule has 0 spiro atoms.